The van der Waals surface area contributed by atoms with Gasteiger partial charge in [-0.2, -0.15) is 0 Å². The van der Waals surface area contributed by atoms with Crippen LogP contribution in [0.25, 0.3) is 0 Å². The van der Waals surface area contributed by atoms with Gasteiger partial charge in [-0.15, -0.1) is 0 Å². The number of hydrogen-bond acceptors (Lipinski definition) is 2. The second kappa shape index (κ2) is 2.60. The van der Waals surface area contributed by atoms with Crippen LogP contribution in [0.2, 0.25) is 0 Å². The molecule has 0 aliphatic heterocycles. The van der Waals surface area contributed by atoms with Crippen LogP contribution in [-0.2, 0) is 6.54 Å². The van der Waals surface area contributed by atoms with Gasteiger partial charge in [0, 0.05) is 12.7 Å². The Morgan fingerprint density at radius 2 is 2.33 bits per heavy atom. The lowest BCUT2D eigenvalue weighted by molar-refractivity contribution is 0.988. The molecule has 0 saturated heterocycles. The number of aromatic nitrogens is 1. The first-order chi connectivity index (χ1) is 4.33. The van der Waals surface area contributed by atoms with E-state index in [0.717, 1.165) is 11.3 Å². The highest BCUT2D eigenvalue weighted by atomic mass is 14.7. The first-order valence-electron chi connectivity index (χ1n) is 2.80. The van der Waals surface area contributed by atoms with Crippen LogP contribution in [0.4, 0.5) is 0 Å². The van der Waals surface area contributed by atoms with E-state index in [2.05, 4.69) is 11.9 Å². The lowest BCUT2D eigenvalue weighted by Crippen LogP contribution is -1.98. The molecule has 0 aromatic carbocycles. The van der Waals surface area contributed by atoms with E-state index in [1.807, 2.05) is 12.1 Å². The van der Waals surface area contributed by atoms with E-state index in [9.17, 15) is 0 Å². The van der Waals surface area contributed by atoms with Gasteiger partial charge in [-0.3, -0.25) is 4.98 Å². The summed E-state index contributed by atoms with van der Waals surface area (Å²) in [7, 11) is 0. The summed E-state index contributed by atoms with van der Waals surface area (Å²) in [6.45, 7) is 4.19. The number of nitrogens with zero attached hydrogens (tertiary/aromatic N) is 1. The van der Waals surface area contributed by atoms with Crippen molar-refractivity contribution in [3.63, 3.8) is 0 Å². The Hall–Kier alpha value is -0.890. The van der Waals surface area contributed by atoms with E-state index in [1.165, 1.54) is 0 Å². The van der Waals surface area contributed by atoms with Gasteiger partial charge < -0.3 is 5.73 Å². The molecule has 2 heteroatoms. The zero-order valence-electron chi connectivity index (χ0n) is 5.17. The van der Waals surface area contributed by atoms with Gasteiger partial charge in [-0.05, 0) is 18.6 Å². The summed E-state index contributed by atoms with van der Waals surface area (Å²) in [5.74, 6) is 0. The molecule has 0 aliphatic carbocycles. The molecule has 0 saturated carbocycles. The van der Waals surface area contributed by atoms with Crippen molar-refractivity contribution < 1.29 is 0 Å². The van der Waals surface area contributed by atoms with E-state index in [-0.39, 0.29) is 0 Å². The van der Waals surface area contributed by atoms with Gasteiger partial charge >= 0.3 is 0 Å². The van der Waals surface area contributed by atoms with Crippen molar-refractivity contribution in [2.45, 2.75) is 6.54 Å². The quantitative estimate of drug-likeness (QED) is 0.594. The van der Waals surface area contributed by atoms with Gasteiger partial charge in [-0.1, -0.05) is 6.07 Å². The van der Waals surface area contributed by atoms with Crippen LogP contribution in [0, 0.1) is 6.92 Å². The van der Waals surface area contributed by atoms with Crippen molar-refractivity contribution in [3.8, 4) is 0 Å². The largest absolute Gasteiger partial charge is 0.325 e. The second-order valence-electron chi connectivity index (χ2n) is 1.86. The summed E-state index contributed by atoms with van der Waals surface area (Å²) in [5, 5.41) is 0. The van der Waals surface area contributed by atoms with Gasteiger partial charge in [0.25, 0.3) is 0 Å². The smallest absolute Gasteiger partial charge is 0.0539 e. The number of nitrogens with two attached hydrogens (primary N) is 1. The van der Waals surface area contributed by atoms with Crippen molar-refractivity contribution in [1.82, 2.24) is 4.98 Å². The zero-order chi connectivity index (χ0) is 6.69. The van der Waals surface area contributed by atoms with Gasteiger partial charge in [0.15, 0.2) is 0 Å². The van der Waals surface area contributed by atoms with Crippen molar-refractivity contribution in [2.75, 3.05) is 0 Å². The van der Waals surface area contributed by atoms with Crippen molar-refractivity contribution in [3.05, 3.63) is 36.5 Å². The fraction of sp³-hybridized carbons (Fsp3) is 0.143. The first-order valence-corrected chi connectivity index (χ1v) is 2.80. The molecule has 9 heavy (non-hydrogen) atoms. The lowest BCUT2D eigenvalue weighted by Gasteiger charge is -1.93. The minimum absolute atomic E-state index is 0.500. The highest BCUT2D eigenvalue weighted by Gasteiger charge is 1.86. The number of hydrogen-bond donors (Lipinski definition) is 1. The fourth-order valence-electron chi connectivity index (χ4n) is 0.576. The molecule has 47 valence electrons. The Kier molecular flexibility index (Phi) is 1.80. The molecule has 0 bridgehead atoms. The maximum Gasteiger partial charge on any atom is 0.0539 e. The first kappa shape index (κ1) is 6.23. The molecule has 2 N–H and O–H groups in total. The Bertz CT molecular complexity index is 179. The summed E-state index contributed by atoms with van der Waals surface area (Å²) >= 11 is 0. The molecule has 1 rings (SSSR count). The van der Waals surface area contributed by atoms with E-state index >= 15 is 0 Å². The van der Waals surface area contributed by atoms with Gasteiger partial charge in [0.05, 0.1) is 5.69 Å². The zero-order valence-corrected chi connectivity index (χ0v) is 5.17. The third-order valence-corrected chi connectivity index (χ3v) is 1.10. The SMILES string of the molecule is [CH2]c1ccc(CN)nc1. The normalized spacial score (nSPS) is 9.56. The van der Waals surface area contributed by atoms with Crippen LogP contribution in [-0.4, -0.2) is 4.98 Å². The predicted molar refractivity (Wildman–Crippen MR) is 36.6 cm³/mol. The van der Waals surface area contributed by atoms with Crippen LogP contribution in [0.5, 0.6) is 0 Å². The summed E-state index contributed by atoms with van der Waals surface area (Å²) in [4.78, 5) is 4.01. The van der Waals surface area contributed by atoms with E-state index in [0.29, 0.717) is 6.54 Å². The molecule has 2 nitrogen and oxygen atoms in total. The Morgan fingerprint density at radius 3 is 2.78 bits per heavy atom. The topological polar surface area (TPSA) is 38.9 Å². The average Bonchev–Trinajstić information content (AvgIpc) is 1.90. The second-order valence-corrected chi connectivity index (χ2v) is 1.86. The van der Waals surface area contributed by atoms with Crippen LogP contribution in [0.1, 0.15) is 11.3 Å². The number of pyridine rings is 1. The molecule has 0 amide bonds. The minimum atomic E-state index is 0.500. The molecule has 1 heterocycles. The Labute approximate surface area is 54.7 Å². The molecule has 1 radical (unpaired) electrons. The molecule has 1 aromatic heterocycles. The Balaban J connectivity index is 2.88. The number of rotatable bonds is 1. The maximum atomic E-state index is 5.32. The molecule has 0 aliphatic rings. The van der Waals surface area contributed by atoms with Crippen molar-refractivity contribution >= 4 is 0 Å². The van der Waals surface area contributed by atoms with Gasteiger partial charge in [0.2, 0.25) is 0 Å². The van der Waals surface area contributed by atoms with E-state index in [4.69, 9.17) is 5.73 Å². The molecule has 1 aromatic rings. The molecular formula is C7H9N2. The van der Waals surface area contributed by atoms with Crippen LogP contribution in [0.15, 0.2) is 18.3 Å². The minimum Gasteiger partial charge on any atom is -0.325 e. The lowest BCUT2D eigenvalue weighted by atomic mass is 10.3. The van der Waals surface area contributed by atoms with Crippen molar-refractivity contribution in [1.29, 1.82) is 0 Å². The van der Waals surface area contributed by atoms with Gasteiger partial charge in [0.1, 0.15) is 0 Å². The van der Waals surface area contributed by atoms with Crippen molar-refractivity contribution in [2.24, 2.45) is 5.73 Å². The highest BCUT2D eigenvalue weighted by molar-refractivity contribution is 5.15. The monoisotopic (exact) mass is 121 g/mol. The van der Waals surface area contributed by atoms with E-state index in [1.54, 1.807) is 6.20 Å². The summed E-state index contributed by atoms with van der Waals surface area (Å²) in [6, 6.07) is 3.78. The fourth-order valence-corrected chi connectivity index (χ4v) is 0.576. The summed E-state index contributed by atoms with van der Waals surface area (Å²) < 4.78 is 0. The molecular weight excluding hydrogens is 112 g/mol. The van der Waals surface area contributed by atoms with Crippen LogP contribution < -0.4 is 5.73 Å². The third kappa shape index (κ3) is 1.50. The van der Waals surface area contributed by atoms with Crippen LogP contribution >= 0.6 is 0 Å². The molecule has 0 fully saturated rings. The van der Waals surface area contributed by atoms with Crippen LogP contribution in [0.3, 0.4) is 0 Å². The maximum absolute atomic E-state index is 5.32. The molecule has 0 spiro atoms. The van der Waals surface area contributed by atoms with E-state index < -0.39 is 0 Å². The standard InChI is InChI=1S/C7H9N2/c1-6-2-3-7(4-8)9-5-6/h2-3,5H,1,4,8H2. The molecule has 0 atom stereocenters. The summed E-state index contributed by atoms with van der Waals surface area (Å²) in [6.07, 6.45) is 1.71. The Morgan fingerprint density at radius 1 is 1.56 bits per heavy atom. The van der Waals surface area contributed by atoms with Gasteiger partial charge in [-0.25, -0.2) is 0 Å². The third-order valence-electron chi connectivity index (χ3n) is 1.10. The highest BCUT2D eigenvalue weighted by Crippen LogP contribution is 1.95. The predicted octanol–water partition coefficient (Wildman–Crippen LogP) is 0.722. The molecule has 0 unspecified atom stereocenters. The summed E-state index contributed by atoms with van der Waals surface area (Å²) in [5.41, 5.74) is 7.15. The average molecular weight is 121 g/mol.